The topological polar surface area (TPSA) is 118 Å². The highest BCUT2D eigenvalue weighted by Crippen LogP contribution is 2.42. The molecule has 61 heavy (non-hydrogen) atoms. The summed E-state index contributed by atoms with van der Waals surface area (Å²) in [6, 6.07) is 29.1. The lowest BCUT2D eigenvalue weighted by molar-refractivity contribution is -0.132. The Morgan fingerprint density at radius 3 is 1.43 bits per heavy atom. The molecule has 8 bridgehead atoms. The molecule has 4 aromatic heterocycles. The Bertz CT molecular complexity index is 3210. The summed E-state index contributed by atoms with van der Waals surface area (Å²) in [6.45, 7) is 15.0. The molecule has 7 nitrogen and oxygen atoms in total. The van der Waals surface area contributed by atoms with Crippen LogP contribution in [0.3, 0.4) is 0 Å². The third kappa shape index (κ3) is 7.13. The van der Waals surface area contributed by atoms with Gasteiger partial charge >= 0.3 is 5.97 Å². The molecule has 7 aromatic rings. The van der Waals surface area contributed by atoms with Crippen LogP contribution in [-0.2, 0) is 4.79 Å². The number of carboxylic acids is 1. The van der Waals surface area contributed by atoms with Crippen molar-refractivity contribution in [2.75, 3.05) is 0 Å². The van der Waals surface area contributed by atoms with Gasteiger partial charge in [-0.1, -0.05) is 59.7 Å². The molecule has 3 N–H and O–H groups in total. The Balaban J connectivity index is 1.46. The number of carboxylic acid groups (broad SMARTS) is 1. The Morgan fingerprint density at radius 1 is 0.574 bits per heavy atom. The Kier molecular flexibility index (Phi) is 9.85. The van der Waals surface area contributed by atoms with Crippen molar-refractivity contribution in [3.8, 4) is 49.9 Å². The van der Waals surface area contributed by atoms with Crippen LogP contribution in [0.25, 0.3) is 96.3 Å². The van der Waals surface area contributed by atoms with Gasteiger partial charge in [0.1, 0.15) is 11.6 Å². The first kappa shape index (κ1) is 39.1. The van der Waals surface area contributed by atoms with E-state index in [-0.39, 0.29) is 5.57 Å². The van der Waals surface area contributed by atoms with Gasteiger partial charge in [0.05, 0.1) is 22.8 Å². The van der Waals surface area contributed by atoms with Crippen LogP contribution >= 0.6 is 11.3 Å². The lowest BCUT2D eigenvalue weighted by atomic mass is 9.92. The molecule has 0 spiro atoms. The van der Waals surface area contributed by atoms with Crippen LogP contribution in [0.1, 0.15) is 67.3 Å². The molecule has 0 aliphatic carbocycles. The molecule has 6 heterocycles. The number of carbonyl (C=O) groups is 1. The summed E-state index contributed by atoms with van der Waals surface area (Å²) in [5.41, 5.74) is 22.6. The highest BCUT2D eigenvalue weighted by molar-refractivity contribution is 7.13. The number of rotatable bonds is 6. The van der Waals surface area contributed by atoms with Gasteiger partial charge in [-0.25, -0.2) is 14.8 Å². The van der Waals surface area contributed by atoms with Gasteiger partial charge in [0, 0.05) is 49.2 Å². The molecule has 0 atom stereocenters. The third-order valence-corrected chi connectivity index (χ3v) is 12.5. The highest BCUT2D eigenvalue weighted by atomic mass is 32.1. The van der Waals surface area contributed by atoms with Crippen LogP contribution in [0, 0.1) is 59.8 Å². The van der Waals surface area contributed by atoms with Crippen molar-refractivity contribution in [2.24, 2.45) is 0 Å². The van der Waals surface area contributed by atoms with Crippen molar-refractivity contribution in [1.29, 1.82) is 5.26 Å². The van der Waals surface area contributed by atoms with E-state index in [1.54, 1.807) is 17.4 Å². The van der Waals surface area contributed by atoms with Crippen LogP contribution in [-0.4, -0.2) is 31.0 Å². The summed E-state index contributed by atoms with van der Waals surface area (Å²) in [5, 5.41) is 21.2. The summed E-state index contributed by atoms with van der Waals surface area (Å²) in [5.74, 6) is -1.26. The normalized spacial score (nSPS) is 12.3. The summed E-state index contributed by atoms with van der Waals surface area (Å²) in [6.07, 6.45) is 9.84. The number of aryl methyl sites for hydroxylation is 7. The molecule has 298 valence electrons. The van der Waals surface area contributed by atoms with E-state index in [2.05, 4.69) is 143 Å². The molecular weight excluding hydrogens is 771 g/mol. The summed E-state index contributed by atoms with van der Waals surface area (Å²) < 4.78 is 0. The van der Waals surface area contributed by atoms with Gasteiger partial charge in [-0.2, -0.15) is 5.26 Å². The molecule has 2 aliphatic rings. The molecule has 0 unspecified atom stereocenters. The summed E-state index contributed by atoms with van der Waals surface area (Å²) in [7, 11) is 0. The molecule has 3 aromatic carbocycles. The van der Waals surface area contributed by atoms with Gasteiger partial charge in [0.15, 0.2) is 0 Å². The van der Waals surface area contributed by atoms with Gasteiger partial charge in [-0.3, -0.25) is 0 Å². The fraction of sp³-hybridized carbons (Fsp3) is 0.132. The zero-order valence-corrected chi connectivity index (χ0v) is 35.9. The van der Waals surface area contributed by atoms with Gasteiger partial charge in [-0.15, -0.1) is 11.3 Å². The third-order valence-electron chi connectivity index (χ3n) is 11.4. The van der Waals surface area contributed by atoms with E-state index in [1.165, 1.54) is 22.8 Å². The lowest BCUT2D eigenvalue weighted by Crippen LogP contribution is -1.97. The number of hydrogen-bond acceptors (Lipinski definition) is 5. The number of aromatic amines is 2. The van der Waals surface area contributed by atoms with Crippen molar-refractivity contribution in [3.05, 3.63) is 157 Å². The SMILES string of the molecule is Cc1csc(-c2c3nc(c(-c4c(C)cc(C)cc4C)c4ccc([nH]4)c(-c4ccc(/C=C(/C#N)C(=O)O)cc4)c4nc(c(-c5c(C)cc(C)cc5C)c5ccc2[nH]5)C=C4)C=C3)c1. The van der Waals surface area contributed by atoms with E-state index in [4.69, 9.17) is 9.97 Å². The second-order valence-electron chi connectivity index (χ2n) is 16.1. The second-order valence-corrected chi connectivity index (χ2v) is 17.0. The number of nitriles is 1. The molecule has 0 saturated heterocycles. The van der Waals surface area contributed by atoms with Crippen LogP contribution < -0.4 is 0 Å². The number of hydrogen-bond donors (Lipinski definition) is 3. The number of H-pyrrole nitrogens is 2. The number of aliphatic carboxylic acids is 1. The van der Waals surface area contributed by atoms with E-state index < -0.39 is 5.97 Å². The predicted octanol–water partition coefficient (Wildman–Crippen LogP) is 13.5. The van der Waals surface area contributed by atoms with E-state index in [9.17, 15) is 15.2 Å². The minimum absolute atomic E-state index is 0.331. The van der Waals surface area contributed by atoms with E-state index in [1.807, 2.05) is 24.3 Å². The summed E-state index contributed by atoms with van der Waals surface area (Å²) >= 11 is 1.72. The monoisotopic (exact) mass is 813 g/mol. The molecule has 0 amide bonds. The molecule has 0 radical (unpaired) electrons. The molecule has 0 fully saturated rings. The maximum atomic E-state index is 11.7. The fourth-order valence-electron chi connectivity index (χ4n) is 9.06. The standard InChI is InChI=1S/C53H43N5O2S/c1-28-20-31(4)47(32(5)21-28)51-42-16-12-38(55-42)49(36-10-8-35(9-11-36)25-37(26-54)53(59)60)39-13-17-43(56-39)52(48-33(6)22-29(2)23-34(48)7)45-19-15-41(58-45)50(40-14-18-44(51)57-40)46-24-30(3)27-61-46/h8-25,27,55,58H,1-7H3,(H,59,60)/b37-25-,49-38?,49-39?,50-40?,50-41?,51-42?,51-44?,52-43?,52-45?. The van der Waals surface area contributed by atoms with E-state index in [0.29, 0.717) is 5.56 Å². The van der Waals surface area contributed by atoms with Crippen molar-refractivity contribution in [2.45, 2.75) is 48.5 Å². The van der Waals surface area contributed by atoms with Crippen molar-refractivity contribution in [3.63, 3.8) is 0 Å². The molecule has 9 rings (SSSR count). The minimum atomic E-state index is -1.26. The Labute approximate surface area is 358 Å². The van der Waals surface area contributed by atoms with Crippen molar-refractivity contribution >= 4 is 69.8 Å². The quantitative estimate of drug-likeness (QED) is 0.114. The first-order valence-electron chi connectivity index (χ1n) is 20.2. The van der Waals surface area contributed by atoms with Crippen LogP contribution in [0.2, 0.25) is 0 Å². The maximum Gasteiger partial charge on any atom is 0.346 e. The number of nitrogens with zero attached hydrogens (tertiary/aromatic N) is 3. The zero-order chi connectivity index (χ0) is 42.7. The second kappa shape index (κ2) is 15.4. The van der Waals surface area contributed by atoms with E-state index in [0.717, 1.165) is 111 Å². The number of benzene rings is 3. The number of thiophene rings is 1. The first-order valence-corrected chi connectivity index (χ1v) is 21.1. The Hall–Kier alpha value is -7.34. The largest absolute Gasteiger partial charge is 0.477 e. The highest BCUT2D eigenvalue weighted by Gasteiger charge is 2.22. The van der Waals surface area contributed by atoms with Crippen LogP contribution in [0.5, 0.6) is 0 Å². The van der Waals surface area contributed by atoms with E-state index >= 15 is 0 Å². The fourth-order valence-corrected chi connectivity index (χ4v) is 10.0. The predicted molar refractivity (Wildman–Crippen MR) is 253 cm³/mol. The zero-order valence-electron chi connectivity index (χ0n) is 35.1. The average Bonchev–Trinajstić information content (AvgIpc) is 4.07. The minimum Gasteiger partial charge on any atom is -0.477 e. The van der Waals surface area contributed by atoms with Crippen LogP contribution in [0.15, 0.2) is 89.8 Å². The van der Waals surface area contributed by atoms with Crippen molar-refractivity contribution < 1.29 is 9.90 Å². The number of fused-ring (bicyclic) bond motifs is 8. The average molecular weight is 814 g/mol. The van der Waals surface area contributed by atoms with Gasteiger partial charge < -0.3 is 15.1 Å². The van der Waals surface area contributed by atoms with Gasteiger partial charge in [0.25, 0.3) is 0 Å². The van der Waals surface area contributed by atoms with Gasteiger partial charge in [0.2, 0.25) is 0 Å². The maximum absolute atomic E-state index is 11.7. The summed E-state index contributed by atoms with van der Waals surface area (Å²) in [4.78, 5) is 31.5. The first-order chi connectivity index (χ1) is 29.4. The van der Waals surface area contributed by atoms with Gasteiger partial charge in [-0.05, 0) is 165 Å². The number of nitrogens with one attached hydrogen (secondary N) is 2. The number of aromatic nitrogens is 4. The molecular formula is C53H43N5O2S. The lowest BCUT2D eigenvalue weighted by Gasteiger charge is -2.13. The molecule has 2 aliphatic heterocycles. The molecule has 8 heteroatoms. The smallest absolute Gasteiger partial charge is 0.346 e. The Morgan fingerprint density at radius 2 is 1.00 bits per heavy atom. The van der Waals surface area contributed by atoms with Crippen molar-refractivity contribution in [1.82, 2.24) is 19.9 Å². The van der Waals surface area contributed by atoms with Crippen LogP contribution in [0.4, 0.5) is 0 Å². The molecule has 0 saturated carbocycles.